The van der Waals surface area contributed by atoms with Gasteiger partial charge in [0.25, 0.3) is 0 Å². The molecule has 0 saturated carbocycles. The molecule has 0 bridgehead atoms. The maximum atomic E-state index is 9.10. The summed E-state index contributed by atoms with van der Waals surface area (Å²) >= 11 is 0. The second kappa shape index (κ2) is 7.17. The van der Waals surface area contributed by atoms with Crippen LogP contribution in [0.1, 0.15) is 32.3 Å². The molecule has 0 aliphatic heterocycles. The lowest BCUT2D eigenvalue weighted by Gasteiger charge is -2.16. The molecule has 1 N–H and O–H groups in total. The smallest absolute Gasteiger partial charge is 0.161 e. The summed E-state index contributed by atoms with van der Waals surface area (Å²) in [7, 11) is 1.62. The van der Waals surface area contributed by atoms with E-state index in [2.05, 4.69) is 13.8 Å². The molecule has 3 nitrogen and oxygen atoms in total. The number of hydrogen-bond donors (Lipinski definition) is 1. The summed E-state index contributed by atoms with van der Waals surface area (Å²) in [6, 6.07) is 5.50. The SMILES string of the molecule is CCC(CC)COc1cc(CO)ccc1OC. The molecule has 17 heavy (non-hydrogen) atoms. The molecular formula is C14H22O3. The van der Waals surface area contributed by atoms with Crippen molar-refractivity contribution in [3.63, 3.8) is 0 Å². The van der Waals surface area contributed by atoms with Crippen LogP contribution in [0, 0.1) is 5.92 Å². The highest BCUT2D eigenvalue weighted by Crippen LogP contribution is 2.28. The van der Waals surface area contributed by atoms with Gasteiger partial charge >= 0.3 is 0 Å². The molecule has 3 heteroatoms. The average Bonchev–Trinajstić information content (AvgIpc) is 2.39. The van der Waals surface area contributed by atoms with E-state index in [1.165, 1.54) is 0 Å². The fraction of sp³-hybridized carbons (Fsp3) is 0.571. The van der Waals surface area contributed by atoms with E-state index in [4.69, 9.17) is 14.6 Å². The van der Waals surface area contributed by atoms with Crippen LogP contribution < -0.4 is 9.47 Å². The molecule has 0 aliphatic carbocycles. The number of ether oxygens (including phenoxy) is 2. The third kappa shape index (κ3) is 3.93. The van der Waals surface area contributed by atoms with Crippen LogP contribution in [-0.4, -0.2) is 18.8 Å². The van der Waals surface area contributed by atoms with Crippen LogP contribution >= 0.6 is 0 Å². The van der Waals surface area contributed by atoms with Gasteiger partial charge in [-0.05, 0) is 23.6 Å². The van der Waals surface area contributed by atoms with Crippen molar-refractivity contribution in [3.05, 3.63) is 23.8 Å². The van der Waals surface area contributed by atoms with Crippen molar-refractivity contribution in [2.24, 2.45) is 5.92 Å². The topological polar surface area (TPSA) is 38.7 Å². The summed E-state index contributed by atoms with van der Waals surface area (Å²) in [5.41, 5.74) is 0.838. The van der Waals surface area contributed by atoms with Crippen molar-refractivity contribution in [3.8, 4) is 11.5 Å². The van der Waals surface area contributed by atoms with Gasteiger partial charge in [-0.25, -0.2) is 0 Å². The molecule has 0 aromatic heterocycles. The van der Waals surface area contributed by atoms with Crippen molar-refractivity contribution in [1.82, 2.24) is 0 Å². The largest absolute Gasteiger partial charge is 0.493 e. The highest BCUT2D eigenvalue weighted by atomic mass is 16.5. The molecule has 0 aliphatic rings. The van der Waals surface area contributed by atoms with Gasteiger partial charge in [-0.15, -0.1) is 0 Å². The van der Waals surface area contributed by atoms with Crippen LogP contribution in [0.15, 0.2) is 18.2 Å². The molecule has 0 spiro atoms. The van der Waals surface area contributed by atoms with Gasteiger partial charge in [0.05, 0.1) is 20.3 Å². The van der Waals surface area contributed by atoms with E-state index >= 15 is 0 Å². The summed E-state index contributed by atoms with van der Waals surface area (Å²) in [4.78, 5) is 0. The Hall–Kier alpha value is -1.22. The minimum atomic E-state index is 0.0192. The maximum Gasteiger partial charge on any atom is 0.161 e. The monoisotopic (exact) mass is 238 g/mol. The Morgan fingerprint density at radius 1 is 1.18 bits per heavy atom. The molecule has 0 radical (unpaired) electrons. The lowest BCUT2D eigenvalue weighted by atomic mass is 10.1. The Labute approximate surface area is 103 Å². The number of methoxy groups -OCH3 is 1. The highest BCUT2D eigenvalue weighted by molar-refractivity contribution is 5.42. The molecule has 0 saturated heterocycles. The van der Waals surface area contributed by atoms with Crippen LogP contribution in [0.5, 0.6) is 11.5 Å². The standard InChI is InChI=1S/C14H22O3/c1-4-11(5-2)10-17-14-8-12(9-15)6-7-13(14)16-3/h6-8,11,15H,4-5,9-10H2,1-3H3. The molecule has 1 aromatic carbocycles. The zero-order valence-electron chi connectivity index (χ0n) is 10.9. The maximum absolute atomic E-state index is 9.10. The van der Waals surface area contributed by atoms with Gasteiger partial charge in [0.2, 0.25) is 0 Å². The number of hydrogen-bond acceptors (Lipinski definition) is 3. The Morgan fingerprint density at radius 2 is 1.88 bits per heavy atom. The summed E-state index contributed by atoms with van der Waals surface area (Å²) in [6.07, 6.45) is 2.22. The van der Waals surface area contributed by atoms with Crippen molar-refractivity contribution in [2.45, 2.75) is 33.3 Å². The lowest BCUT2D eigenvalue weighted by Crippen LogP contribution is -2.10. The van der Waals surface area contributed by atoms with Gasteiger partial charge < -0.3 is 14.6 Å². The Morgan fingerprint density at radius 3 is 2.41 bits per heavy atom. The predicted molar refractivity (Wildman–Crippen MR) is 68.5 cm³/mol. The van der Waals surface area contributed by atoms with Gasteiger partial charge in [-0.1, -0.05) is 32.8 Å². The van der Waals surface area contributed by atoms with Gasteiger partial charge in [0, 0.05) is 0 Å². The summed E-state index contributed by atoms with van der Waals surface area (Å²) < 4.78 is 11.0. The quantitative estimate of drug-likeness (QED) is 0.793. The van der Waals surface area contributed by atoms with Crippen molar-refractivity contribution in [1.29, 1.82) is 0 Å². The molecule has 1 rings (SSSR count). The molecule has 0 amide bonds. The van der Waals surface area contributed by atoms with Crippen LogP contribution in [-0.2, 0) is 6.61 Å². The van der Waals surface area contributed by atoms with E-state index < -0.39 is 0 Å². The fourth-order valence-corrected chi connectivity index (χ4v) is 1.66. The Kier molecular flexibility index (Phi) is 5.84. The minimum absolute atomic E-state index is 0.0192. The lowest BCUT2D eigenvalue weighted by molar-refractivity contribution is 0.229. The minimum Gasteiger partial charge on any atom is -0.493 e. The van der Waals surface area contributed by atoms with Crippen molar-refractivity contribution >= 4 is 0 Å². The molecule has 0 fully saturated rings. The molecule has 1 aromatic rings. The van der Waals surface area contributed by atoms with Crippen molar-refractivity contribution < 1.29 is 14.6 Å². The first-order valence-corrected chi connectivity index (χ1v) is 6.15. The van der Waals surface area contributed by atoms with E-state index in [1.54, 1.807) is 7.11 Å². The van der Waals surface area contributed by atoms with Crippen LogP contribution in [0.25, 0.3) is 0 Å². The first kappa shape index (κ1) is 13.8. The van der Waals surface area contributed by atoms with E-state index in [-0.39, 0.29) is 6.61 Å². The number of aliphatic hydroxyl groups is 1. The summed E-state index contributed by atoms with van der Waals surface area (Å²) in [5.74, 6) is 2.00. The first-order valence-electron chi connectivity index (χ1n) is 6.15. The van der Waals surface area contributed by atoms with E-state index in [9.17, 15) is 0 Å². The van der Waals surface area contributed by atoms with Gasteiger partial charge in [-0.3, -0.25) is 0 Å². The normalized spacial score (nSPS) is 10.6. The first-order chi connectivity index (χ1) is 8.24. The van der Waals surface area contributed by atoms with E-state index in [0.29, 0.717) is 24.0 Å². The van der Waals surface area contributed by atoms with Crippen LogP contribution in [0.2, 0.25) is 0 Å². The molecule has 0 atom stereocenters. The molecule has 0 heterocycles. The third-order valence-corrected chi connectivity index (χ3v) is 3.04. The number of aliphatic hydroxyl groups excluding tert-OH is 1. The zero-order chi connectivity index (χ0) is 12.7. The van der Waals surface area contributed by atoms with E-state index in [1.807, 2.05) is 18.2 Å². The highest BCUT2D eigenvalue weighted by Gasteiger charge is 2.09. The number of rotatable bonds is 7. The van der Waals surface area contributed by atoms with Gasteiger partial charge in [-0.2, -0.15) is 0 Å². The second-order valence-electron chi connectivity index (χ2n) is 4.14. The van der Waals surface area contributed by atoms with Crippen molar-refractivity contribution in [2.75, 3.05) is 13.7 Å². The zero-order valence-corrected chi connectivity index (χ0v) is 10.9. The predicted octanol–water partition coefficient (Wildman–Crippen LogP) is 3.00. The summed E-state index contributed by atoms with van der Waals surface area (Å²) in [6.45, 7) is 5.04. The fourth-order valence-electron chi connectivity index (χ4n) is 1.66. The van der Waals surface area contributed by atoms with Gasteiger partial charge in [0.1, 0.15) is 0 Å². The third-order valence-electron chi connectivity index (χ3n) is 3.04. The average molecular weight is 238 g/mol. The van der Waals surface area contributed by atoms with Gasteiger partial charge in [0.15, 0.2) is 11.5 Å². The molecule has 0 unspecified atom stereocenters. The van der Waals surface area contributed by atoms with Crippen LogP contribution in [0.4, 0.5) is 0 Å². The van der Waals surface area contributed by atoms with E-state index in [0.717, 1.165) is 18.4 Å². The van der Waals surface area contributed by atoms with Crippen LogP contribution in [0.3, 0.4) is 0 Å². The number of benzene rings is 1. The Balaban J connectivity index is 2.73. The second-order valence-corrected chi connectivity index (χ2v) is 4.14. The Bertz CT molecular complexity index is 332. The molecular weight excluding hydrogens is 216 g/mol. The molecule has 96 valence electrons. The summed E-state index contributed by atoms with van der Waals surface area (Å²) in [5, 5.41) is 9.10.